The van der Waals surface area contributed by atoms with Crippen LogP contribution in [0.5, 0.6) is 0 Å². The van der Waals surface area contributed by atoms with E-state index >= 15 is 0 Å². The maximum absolute atomic E-state index is 13.6. The Morgan fingerprint density at radius 1 is 1.26 bits per heavy atom. The third kappa shape index (κ3) is 2.88. The van der Waals surface area contributed by atoms with Gasteiger partial charge in [0.15, 0.2) is 0 Å². The standard InChI is InChI=1S/C14H14FN3O/c1-8-3-6-13(9(2)17-8)18-14(19)11-7-10(16)4-5-12(11)15/h3-7H,16H2,1-2H3,(H,18,19). The number of nitrogen functional groups attached to an aromatic ring is 1. The number of nitrogens with one attached hydrogen (secondary N) is 1. The van der Waals surface area contributed by atoms with Crippen LogP contribution in [0.2, 0.25) is 0 Å². The molecular weight excluding hydrogens is 245 g/mol. The van der Waals surface area contributed by atoms with Gasteiger partial charge >= 0.3 is 0 Å². The van der Waals surface area contributed by atoms with Crippen molar-refractivity contribution in [2.45, 2.75) is 13.8 Å². The summed E-state index contributed by atoms with van der Waals surface area (Å²) in [6.45, 7) is 3.63. The van der Waals surface area contributed by atoms with E-state index in [2.05, 4.69) is 10.3 Å². The Labute approximate surface area is 110 Å². The molecule has 98 valence electrons. The minimum atomic E-state index is -0.607. The van der Waals surface area contributed by atoms with Gasteiger partial charge in [-0.15, -0.1) is 0 Å². The quantitative estimate of drug-likeness (QED) is 0.815. The molecule has 0 unspecified atom stereocenters. The Morgan fingerprint density at radius 3 is 2.68 bits per heavy atom. The van der Waals surface area contributed by atoms with Gasteiger partial charge in [0.25, 0.3) is 5.91 Å². The van der Waals surface area contributed by atoms with Crippen molar-refractivity contribution in [1.29, 1.82) is 0 Å². The third-order valence-corrected chi connectivity index (χ3v) is 2.71. The summed E-state index contributed by atoms with van der Waals surface area (Å²) in [6.07, 6.45) is 0. The number of benzene rings is 1. The van der Waals surface area contributed by atoms with Crippen molar-refractivity contribution in [3.8, 4) is 0 Å². The van der Waals surface area contributed by atoms with Crippen LogP contribution in [0.25, 0.3) is 0 Å². The number of nitrogens with zero attached hydrogens (tertiary/aromatic N) is 1. The van der Waals surface area contributed by atoms with E-state index in [0.29, 0.717) is 17.1 Å². The van der Waals surface area contributed by atoms with Gasteiger partial charge in [-0.05, 0) is 44.2 Å². The molecule has 0 fully saturated rings. The van der Waals surface area contributed by atoms with E-state index in [1.54, 1.807) is 19.1 Å². The van der Waals surface area contributed by atoms with E-state index in [1.165, 1.54) is 18.2 Å². The second-order valence-electron chi connectivity index (χ2n) is 4.28. The first-order chi connectivity index (χ1) is 8.97. The van der Waals surface area contributed by atoms with E-state index in [0.717, 1.165) is 5.69 Å². The minimum Gasteiger partial charge on any atom is -0.399 e. The van der Waals surface area contributed by atoms with Crippen LogP contribution in [0.4, 0.5) is 15.8 Å². The summed E-state index contributed by atoms with van der Waals surface area (Å²) in [5.41, 5.74) is 7.89. The van der Waals surface area contributed by atoms with Crippen LogP contribution in [0.3, 0.4) is 0 Å². The molecule has 0 aliphatic carbocycles. The highest BCUT2D eigenvalue weighted by Gasteiger charge is 2.13. The molecular formula is C14H14FN3O. The molecule has 19 heavy (non-hydrogen) atoms. The molecule has 4 nitrogen and oxygen atoms in total. The summed E-state index contributed by atoms with van der Waals surface area (Å²) in [6, 6.07) is 7.40. The highest BCUT2D eigenvalue weighted by Crippen LogP contribution is 2.17. The summed E-state index contributed by atoms with van der Waals surface area (Å²) in [7, 11) is 0. The first kappa shape index (κ1) is 13.0. The lowest BCUT2D eigenvalue weighted by Gasteiger charge is -2.09. The van der Waals surface area contributed by atoms with Gasteiger partial charge in [0.2, 0.25) is 0 Å². The normalized spacial score (nSPS) is 10.3. The van der Waals surface area contributed by atoms with Gasteiger partial charge in [-0.25, -0.2) is 4.39 Å². The van der Waals surface area contributed by atoms with E-state index in [1.807, 2.05) is 6.92 Å². The molecule has 0 saturated carbocycles. The number of anilines is 2. The number of hydrogen-bond acceptors (Lipinski definition) is 3. The SMILES string of the molecule is Cc1ccc(NC(=O)c2cc(N)ccc2F)c(C)n1. The number of hydrogen-bond donors (Lipinski definition) is 2. The maximum Gasteiger partial charge on any atom is 0.258 e. The average Bonchev–Trinajstić information content (AvgIpc) is 2.35. The first-order valence-corrected chi connectivity index (χ1v) is 5.78. The lowest BCUT2D eigenvalue weighted by atomic mass is 10.1. The van der Waals surface area contributed by atoms with Crippen LogP contribution in [-0.4, -0.2) is 10.9 Å². The second-order valence-corrected chi connectivity index (χ2v) is 4.28. The number of nitrogens with two attached hydrogens (primary N) is 1. The molecule has 0 radical (unpaired) electrons. The van der Waals surface area contributed by atoms with Gasteiger partial charge in [0.05, 0.1) is 16.9 Å². The highest BCUT2D eigenvalue weighted by molar-refractivity contribution is 6.05. The van der Waals surface area contributed by atoms with E-state index in [9.17, 15) is 9.18 Å². The van der Waals surface area contributed by atoms with E-state index < -0.39 is 11.7 Å². The van der Waals surface area contributed by atoms with Crippen LogP contribution >= 0.6 is 0 Å². The van der Waals surface area contributed by atoms with Crippen LogP contribution in [0.15, 0.2) is 30.3 Å². The molecule has 5 heteroatoms. The predicted molar refractivity (Wildman–Crippen MR) is 72.5 cm³/mol. The Balaban J connectivity index is 2.28. The number of pyridine rings is 1. The van der Waals surface area contributed by atoms with Crippen molar-refractivity contribution < 1.29 is 9.18 Å². The molecule has 0 atom stereocenters. The number of aromatic nitrogens is 1. The number of carbonyl (C=O) groups is 1. The van der Waals surface area contributed by atoms with Crippen LogP contribution < -0.4 is 11.1 Å². The van der Waals surface area contributed by atoms with E-state index in [-0.39, 0.29) is 5.56 Å². The van der Waals surface area contributed by atoms with Crippen molar-refractivity contribution >= 4 is 17.3 Å². The average molecular weight is 259 g/mol. The Bertz CT molecular complexity index is 641. The first-order valence-electron chi connectivity index (χ1n) is 5.78. The smallest absolute Gasteiger partial charge is 0.258 e. The Kier molecular flexibility index (Phi) is 3.46. The van der Waals surface area contributed by atoms with Crippen molar-refractivity contribution in [3.63, 3.8) is 0 Å². The van der Waals surface area contributed by atoms with Crippen molar-refractivity contribution in [3.05, 3.63) is 53.1 Å². The number of aryl methyl sites for hydroxylation is 2. The zero-order chi connectivity index (χ0) is 14.0. The number of halogens is 1. The number of carbonyl (C=O) groups excluding carboxylic acids is 1. The van der Waals surface area contributed by atoms with Crippen molar-refractivity contribution in [1.82, 2.24) is 4.98 Å². The van der Waals surface area contributed by atoms with Gasteiger partial charge in [0.1, 0.15) is 5.82 Å². The predicted octanol–water partition coefficient (Wildman–Crippen LogP) is 2.67. The molecule has 0 spiro atoms. The summed E-state index contributed by atoms with van der Waals surface area (Å²) >= 11 is 0. The fourth-order valence-electron chi connectivity index (χ4n) is 1.73. The van der Waals surface area contributed by atoms with Crippen molar-refractivity contribution in [2.24, 2.45) is 0 Å². The fraction of sp³-hybridized carbons (Fsp3) is 0.143. The molecule has 0 aliphatic rings. The third-order valence-electron chi connectivity index (χ3n) is 2.71. The lowest BCUT2D eigenvalue weighted by Crippen LogP contribution is -2.15. The lowest BCUT2D eigenvalue weighted by molar-refractivity contribution is 0.102. The summed E-state index contributed by atoms with van der Waals surface area (Å²) < 4.78 is 13.6. The summed E-state index contributed by atoms with van der Waals surface area (Å²) in [5, 5.41) is 2.62. The molecule has 3 N–H and O–H groups in total. The monoisotopic (exact) mass is 259 g/mol. The number of rotatable bonds is 2. The number of amides is 1. The fourth-order valence-corrected chi connectivity index (χ4v) is 1.73. The molecule has 1 amide bonds. The topological polar surface area (TPSA) is 68.0 Å². The molecule has 1 heterocycles. The van der Waals surface area contributed by atoms with Crippen LogP contribution in [0, 0.1) is 19.7 Å². The maximum atomic E-state index is 13.6. The van der Waals surface area contributed by atoms with Gasteiger partial charge in [0, 0.05) is 11.4 Å². The molecule has 0 aliphatic heterocycles. The largest absolute Gasteiger partial charge is 0.399 e. The summed E-state index contributed by atoms with van der Waals surface area (Å²) in [5.74, 6) is -1.15. The zero-order valence-corrected chi connectivity index (χ0v) is 10.7. The van der Waals surface area contributed by atoms with E-state index in [4.69, 9.17) is 5.73 Å². The zero-order valence-electron chi connectivity index (χ0n) is 10.7. The van der Waals surface area contributed by atoms with Crippen LogP contribution in [-0.2, 0) is 0 Å². The van der Waals surface area contributed by atoms with Gasteiger partial charge < -0.3 is 11.1 Å². The second kappa shape index (κ2) is 5.06. The van der Waals surface area contributed by atoms with Gasteiger partial charge in [-0.2, -0.15) is 0 Å². The molecule has 2 aromatic rings. The Morgan fingerprint density at radius 2 is 2.00 bits per heavy atom. The summed E-state index contributed by atoms with van der Waals surface area (Å²) in [4.78, 5) is 16.2. The molecule has 0 saturated heterocycles. The molecule has 2 rings (SSSR count). The van der Waals surface area contributed by atoms with Crippen molar-refractivity contribution in [2.75, 3.05) is 11.1 Å². The molecule has 1 aromatic heterocycles. The Hall–Kier alpha value is -2.43. The molecule has 1 aromatic carbocycles. The molecule has 0 bridgehead atoms. The minimum absolute atomic E-state index is 0.0834. The van der Waals surface area contributed by atoms with Crippen LogP contribution in [0.1, 0.15) is 21.7 Å². The highest BCUT2D eigenvalue weighted by atomic mass is 19.1. The van der Waals surface area contributed by atoms with Gasteiger partial charge in [-0.1, -0.05) is 0 Å². The van der Waals surface area contributed by atoms with Gasteiger partial charge in [-0.3, -0.25) is 9.78 Å².